The number of nitrogens with one attached hydrogen (secondary N) is 1. The van der Waals surface area contributed by atoms with E-state index < -0.39 is 0 Å². The van der Waals surface area contributed by atoms with E-state index in [4.69, 9.17) is 0 Å². The van der Waals surface area contributed by atoms with Crippen LogP contribution in [0.4, 0.5) is 11.4 Å². The molecular formula is C16H27Cl2N3. The van der Waals surface area contributed by atoms with Crippen molar-refractivity contribution in [3.8, 4) is 0 Å². The van der Waals surface area contributed by atoms with Gasteiger partial charge in [0.25, 0.3) is 0 Å². The van der Waals surface area contributed by atoms with E-state index in [2.05, 4.69) is 46.4 Å². The van der Waals surface area contributed by atoms with Crippen molar-refractivity contribution in [3.63, 3.8) is 0 Å². The number of hydrogen-bond donors (Lipinski definition) is 1. The number of likely N-dealkylation sites (N-methyl/N-ethyl adjacent to an activating group) is 1. The maximum absolute atomic E-state index is 3.45. The van der Waals surface area contributed by atoms with Crippen LogP contribution in [-0.4, -0.2) is 39.8 Å². The Hall–Kier alpha value is -0.640. The maximum Gasteiger partial charge on any atom is 0.0604 e. The van der Waals surface area contributed by atoms with Crippen molar-refractivity contribution in [1.29, 1.82) is 0 Å². The summed E-state index contributed by atoms with van der Waals surface area (Å²) in [6, 6.07) is 8.82. The fraction of sp³-hybridized carbons (Fsp3) is 0.625. The Bertz CT molecular complexity index is 422. The highest BCUT2D eigenvalue weighted by Crippen LogP contribution is 2.32. The lowest BCUT2D eigenvalue weighted by molar-refractivity contribution is 0.355. The third-order valence-electron chi connectivity index (χ3n) is 4.60. The van der Waals surface area contributed by atoms with Gasteiger partial charge in [-0.3, -0.25) is 0 Å². The van der Waals surface area contributed by atoms with E-state index in [-0.39, 0.29) is 24.8 Å². The predicted molar refractivity (Wildman–Crippen MR) is 96.6 cm³/mol. The summed E-state index contributed by atoms with van der Waals surface area (Å²) in [5, 5.41) is 3.45. The minimum Gasteiger partial charge on any atom is -0.371 e. The fourth-order valence-corrected chi connectivity index (χ4v) is 3.31. The van der Waals surface area contributed by atoms with E-state index in [0.29, 0.717) is 0 Å². The number of nitrogens with zero attached hydrogens (tertiary/aromatic N) is 2. The number of piperidine rings is 1. The van der Waals surface area contributed by atoms with Gasteiger partial charge in [0.1, 0.15) is 0 Å². The molecular weight excluding hydrogens is 305 g/mol. The molecule has 120 valence electrons. The van der Waals surface area contributed by atoms with Gasteiger partial charge in [-0.1, -0.05) is 12.1 Å². The molecule has 3 nitrogen and oxygen atoms in total. The normalized spacial score (nSPS) is 18.5. The van der Waals surface area contributed by atoms with Gasteiger partial charge in [0.2, 0.25) is 0 Å². The number of rotatable bonds is 3. The van der Waals surface area contributed by atoms with Crippen molar-refractivity contribution in [2.75, 3.05) is 49.6 Å². The maximum atomic E-state index is 3.45. The van der Waals surface area contributed by atoms with Crippen molar-refractivity contribution in [2.24, 2.45) is 5.92 Å². The smallest absolute Gasteiger partial charge is 0.0604 e. The number of fused-ring (bicyclic) bond motifs is 1. The predicted octanol–water partition coefficient (Wildman–Crippen LogP) is 3.18. The Kier molecular flexibility index (Phi) is 7.64. The molecule has 0 spiro atoms. The minimum atomic E-state index is 0. The molecule has 2 aliphatic rings. The first kappa shape index (κ1) is 18.4. The van der Waals surface area contributed by atoms with Crippen LogP contribution in [0.2, 0.25) is 0 Å². The Morgan fingerprint density at radius 3 is 2.43 bits per heavy atom. The number of para-hydroxylation sites is 2. The largest absolute Gasteiger partial charge is 0.371 e. The van der Waals surface area contributed by atoms with E-state index in [9.17, 15) is 0 Å². The molecule has 1 aromatic carbocycles. The topological polar surface area (TPSA) is 18.5 Å². The first-order chi connectivity index (χ1) is 9.34. The summed E-state index contributed by atoms with van der Waals surface area (Å²) in [5.41, 5.74) is 2.81. The quantitative estimate of drug-likeness (QED) is 0.917. The molecule has 0 bridgehead atoms. The summed E-state index contributed by atoms with van der Waals surface area (Å²) in [4.78, 5) is 4.95. The lowest BCUT2D eigenvalue weighted by Crippen LogP contribution is -2.40. The third-order valence-corrected chi connectivity index (χ3v) is 4.60. The van der Waals surface area contributed by atoms with Gasteiger partial charge in [-0.15, -0.1) is 24.8 Å². The van der Waals surface area contributed by atoms with Gasteiger partial charge in [-0.25, -0.2) is 0 Å². The molecule has 0 saturated carbocycles. The molecule has 2 aliphatic heterocycles. The number of halogens is 2. The summed E-state index contributed by atoms with van der Waals surface area (Å²) in [6.45, 7) is 5.95. The van der Waals surface area contributed by atoms with Crippen LogP contribution in [0.15, 0.2) is 24.3 Å². The van der Waals surface area contributed by atoms with Gasteiger partial charge in [-0.05, 0) is 50.4 Å². The van der Waals surface area contributed by atoms with Crippen molar-refractivity contribution >= 4 is 36.2 Å². The van der Waals surface area contributed by atoms with Gasteiger partial charge in [0.15, 0.2) is 0 Å². The standard InChI is InChI=1S/C16H25N3.2ClH/c1-18-12-13-19(16-5-3-2-4-15(16)18)11-8-14-6-9-17-10-7-14;;/h2-5,14,17H,6-13H2,1H3;2*1H. The summed E-state index contributed by atoms with van der Waals surface area (Å²) >= 11 is 0. The third kappa shape index (κ3) is 4.41. The number of benzene rings is 1. The summed E-state index contributed by atoms with van der Waals surface area (Å²) in [6.07, 6.45) is 4.06. The Balaban J connectivity index is 0.00000110. The van der Waals surface area contributed by atoms with Gasteiger partial charge in [0, 0.05) is 26.7 Å². The highest BCUT2D eigenvalue weighted by molar-refractivity contribution is 5.85. The summed E-state index contributed by atoms with van der Waals surface area (Å²) in [5.74, 6) is 0.924. The van der Waals surface area contributed by atoms with Crippen LogP contribution in [0.25, 0.3) is 0 Å². The van der Waals surface area contributed by atoms with Crippen LogP contribution in [0.3, 0.4) is 0 Å². The SMILES string of the molecule is CN1CCN(CCC2CCNCC2)c2ccccc21.Cl.Cl. The van der Waals surface area contributed by atoms with Crippen molar-refractivity contribution < 1.29 is 0 Å². The first-order valence-corrected chi connectivity index (χ1v) is 7.60. The Labute approximate surface area is 140 Å². The van der Waals surface area contributed by atoms with E-state index in [1.807, 2.05) is 0 Å². The summed E-state index contributed by atoms with van der Waals surface area (Å²) < 4.78 is 0. The zero-order chi connectivity index (χ0) is 13.1. The van der Waals surface area contributed by atoms with Gasteiger partial charge in [-0.2, -0.15) is 0 Å². The van der Waals surface area contributed by atoms with Crippen LogP contribution >= 0.6 is 24.8 Å². The van der Waals surface area contributed by atoms with Crippen molar-refractivity contribution in [1.82, 2.24) is 5.32 Å². The number of hydrogen-bond acceptors (Lipinski definition) is 3. The molecule has 0 radical (unpaired) electrons. The van der Waals surface area contributed by atoms with Gasteiger partial charge >= 0.3 is 0 Å². The number of anilines is 2. The minimum absolute atomic E-state index is 0. The molecule has 2 heterocycles. The molecule has 0 unspecified atom stereocenters. The second kappa shape index (κ2) is 8.72. The molecule has 1 saturated heterocycles. The zero-order valence-electron chi connectivity index (χ0n) is 12.8. The molecule has 0 aliphatic carbocycles. The molecule has 0 aromatic heterocycles. The summed E-state index contributed by atoms with van der Waals surface area (Å²) in [7, 11) is 2.20. The first-order valence-electron chi connectivity index (χ1n) is 7.60. The highest BCUT2D eigenvalue weighted by atomic mass is 35.5. The second-order valence-electron chi connectivity index (χ2n) is 5.88. The second-order valence-corrected chi connectivity index (χ2v) is 5.88. The molecule has 1 fully saturated rings. The fourth-order valence-electron chi connectivity index (χ4n) is 3.31. The van der Waals surface area contributed by atoms with E-state index in [0.717, 1.165) is 12.5 Å². The average Bonchev–Trinajstić information content (AvgIpc) is 2.48. The molecule has 0 atom stereocenters. The highest BCUT2D eigenvalue weighted by Gasteiger charge is 2.21. The molecule has 0 amide bonds. The van der Waals surface area contributed by atoms with Gasteiger partial charge < -0.3 is 15.1 Å². The van der Waals surface area contributed by atoms with Gasteiger partial charge in [0.05, 0.1) is 11.4 Å². The van der Waals surface area contributed by atoms with Crippen molar-refractivity contribution in [2.45, 2.75) is 19.3 Å². The van der Waals surface area contributed by atoms with Crippen LogP contribution in [0.5, 0.6) is 0 Å². The van der Waals surface area contributed by atoms with E-state index >= 15 is 0 Å². The molecule has 1 aromatic rings. The monoisotopic (exact) mass is 331 g/mol. The molecule has 5 heteroatoms. The van der Waals surface area contributed by atoms with Crippen LogP contribution < -0.4 is 15.1 Å². The van der Waals surface area contributed by atoms with Crippen LogP contribution in [0, 0.1) is 5.92 Å². The van der Waals surface area contributed by atoms with E-state index in [1.54, 1.807) is 0 Å². The van der Waals surface area contributed by atoms with Crippen LogP contribution in [-0.2, 0) is 0 Å². The Morgan fingerprint density at radius 1 is 1.05 bits per heavy atom. The van der Waals surface area contributed by atoms with Crippen LogP contribution in [0.1, 0.15) is 19.3 Å². The lowest BCUT2D eigenvalue weighted by atomic mass is 9.94. The van der Waals surface area contributed by atoms with E-state index in [1.165, 1.54) is 56.8 Å². The molecule has 1 N–H and O–H groups in total. The zero-order valence-corrected chi connectivity index (χ0v) is 14.4. The average molecular weight is 332 g/mol. The molecule has 21 heavy (non-hydrogen) atoms. The Morgan fingerprint density at radius 2 is 1.71 bits per heavy atom. The van der Waals surface area contributed by atoms with Crippen molar-refractivity contribution in [3.05, 3.63) is 24.3 Å². The lowest BCUT2D eigenvalue weighted by Gasteiger charge is -2.38. The molecule has 3 rings (SSSR count).